The van der Waals surface area contributed by atoms with E-state index in [9.17, 15) is 0 Å². The van der Waals surface area contributed by atoms with Crippen LogP contribution in [0.1, 0.15) is 42.8 Å². The Morgan fingerprint density at radius 1 is 1.21 bits per heavy atom. The van der Waals surface area contributed by atoms with Crippen LogP contribution >= 0.6 is 0 Å². The molecular weight excluding hydrogens is 174 g/mol. The fourth-order valence-electron chi connectivity index (χ4n) is 1.56. The van der Waals surface area contributed by atoms with Crippen LogP contribution in [0.3, 0.4) is 0 Å². The molecule has 0 atom stereocenters. The molecule has 76 valence electrons. The van der Waals surface area contributed by atoms with Crippen LogP contribution in [0.4, 0.5) is 5.82 Å². The van der Waals surface area contributed by atoms with Crippen LogP contribution in [-0.2, 0) is 0 Å². The van der Waals surface area contributed by atoms with Crippen LogP contribution in [0, 0.1) is 13.8 Å². The van der Waals surface area contributed by atoms with Gasteiger partial charge in [-0.05, 0) is 33.6 Å². The molecule has 0 unspecified atom stereocenters. The predicted octanol–water partition coefficient (Wildman–Crippen LogP) is 2.40. The second-order valence-corrected chi connectivity index (χ2v) is 3.93. The van der Waals surface area contributed by atoms with Gasteiger partial charge in [-0.25, -0.2) is 4.98 Å². The first kappa shape index (κ1) is 9.44. The number of rotatable bonds is 3. The van der Waals surface area contributed by atoms with Crippen molar-refractivity contribution in [2.45, 2.75) is 39.5 Å². The highest BCUT2D eigenvalue weighted by molar-refractivity contribution is 5.45. The average Bonchev–Trinajstić information content (AvgIpc) is 2.94. The van der Waals surface area contributed by atoms with E-state index in [1.54, 1.807) is 0 Å². The van der Waals surface area contributed by atoms with E-state index in [-0.39, 0.29) is 0 Å². The molecule has 3 heteroatoms. The largest absolute Gasteiger partial charge is 0.369 e. The number of anilines is 1. The molecule has 1 fully saturated rings. The van der Waals surface area contributed by atoms with E-state index in [1.807, 2.05) is 13.8 Å². The number of aromatic nitrogens is 2. The Morgan fingerprint density at radius 2 is 1.86 bits per heavy atom. The molecule has 0 aromatic carbocycles. The van der Waals surface area contributed by atoms with E-state index in [1.165, 1.54) is 18.5 Å². The van der Waals surface area contributed by atoms with Crippen molar-refractivity contribution < 1.29 is 0 Å². The summed E-state index contributed by atoms with van der Waals surface area (Å²) in [6.07, 6.45) is 2.55. The van der Waals surface area contributed by atoms with Gasteiger partial charge in [-0.2, -0.15) is 0 Å². The van der Waals surface area contributed by atoms with Gasteiger partial charge < -0.3 is 5.32 Å². The van der Waals surface area contributed by atoms with Crippen LogP contribution in [0.15, 0.2) is 0 Å². The van der Waals surface area contributed by atoms with Gasteiger partial charge in [-0.15, -0.1) is 0 Å². The first-order valence-electron chi connectivity index (χ1n) is 5.31. The SMILES string of the molecule is CCNc1nc(C)c(C)nc1C1CC1. The van der Waals surface area contributed by atoms with Crippen molar-refractivity contribution >= 4 is 5.82 Å². The molecule has 1 aliphatic rings. The van der Waals surface area contributed by atoms with Gasteiger partial charge in [0.05, 0.1) is 17.1 Å². The molecule has 3 nitrogen and oxygen atoms in total. The van der Waals surface area contributed by atoms with Crippen molar-refractivity contribution in [1.29, 1.82) is 0 Å². The molecule has 0 radical (unpaired) electrons. The minimum Gasteiger partial charge on any atom is -0.369 e. The van der Waals surface area contributed by atoms with Gasteiger partial charge in [0.15, 0.2) is 0 Å². The molecule has 1 aromatic heterocycles. The van der Waals surface area contributed by atoms with E-state index in [4.69, 9.17) is 0 Å². The van der Waals surface area contributed by atoms with Crippen molar-refractivity contribution in [3.63, 3.8) is 0 Å². The lowest BCUT2D eigenvalue weighted by Gasteiger charge is -2.10. The van der Waals surface area contributed by atoms with Crippen molar-refractivity contribution in [3.05, 3.63) is 17.1 Å². The highest BCUT2D eigenvalue weighted by atomic mass is 15.0. The van der Waals surface area contributed by atoms with Crippen LogP contribution in [0.5, 0.6) is 0 Å². The smallest absolute Gasteiger partial charge is 0.148 e. The highest BCUT2D eigenvalue weighted by Crippen LogP contribution is 2.41. The Bertz CT molecular complexity index is 343. The van der Waals surface area contributed by atoms with Crippen molar-refractivity contribution in [2.24, 2.45) is 0 Å². The van der Waals surface area contributed by atoms with Crippen molar-refractivity contribution in [2.75, 3.05) is 11.9 Å². The number of nitrogens with zero attached hydrogens (tertiary/aromatic N) is 2. The Morgan fingerprint density at radius 3 is 2.43 bits per heavy atom. The second-order valence-electron chi connectivity index (χ2n) is 3.93. The number of hydrogen-bond donors (Lipinski definition) is 1. The third kappa shape index (κ3) is 1.72. The van der Waals surface area contributed by atoms with E-state index in [2.05, 4.69) is 22.2 Å². The first-order valence-corrected chi connectivity index (χ1v) is 5.31. The van der Waals surface area contributed by atoms with Crippen LogP contribution in [-0.4, -0.2) is 16.5 Å². The minimum absolute atomic E-state index is 0.663. The highest BCUT2D eigenvalue weighted by Gasteiger charge is 2.28. The molecule has 1 saturated carbocycles. The van der Waals surface area contributed by atoms with Gasteiger partial charge in [0.25, 0.3) is 0 Å². The van der Waals surface area contributed by atoms with E-state index in [0.29, 0.717) is 5.92 Å². The fraction of sp³-hybridized carbons (Fsp3) is 0.636. The fourth-order valence-corrected chi connectivity index (χ4v) is 1.56. The van der Waals surface area contributed by atoms with E-state index >= 15 is 0 Å². The number of aryl methyl sites for hydroxylation is 2. The number of nitrogens with one attached hydrogen (secondary N) is 1. The summed E-state index contributed by atoms with van der Waals surface area (Å²) in [5.41, 5.74) is 3.27. The molecule has 0 saturated heterocycles. The zero-order valence-electron chi connectivity index (χ0n) is 9.09. The maximum absolute atomic E-state index is 4.63. The number of hydrogen-bond acceptors (Lipinski definition) is 3. The zero-order valence-corrected chi connectivity index (χ0v) is 9.09. The third-order valence-electron chi connectivity index (χ3n) is 2.64. The molecule has 2 rings (SSSR count). The Hall–Kier alpha value is -1.12. The van der Waals surface area contributed by atoms with Crippen LogP contribution in [0.25, 0.3) is 0 Å². The first-order chi connectivity index (χ1) is 6.72. The monoisotopic (exact) mass is 191 g/mol. The van der Waals surface area contributed by atoms with E-state index in [0.717, 1.165) is 23.8 Å². The van der Waals surface area contributed by atoms with Crippen molar-refractivity contribution in [3.8, 4) is 0 Å². The quantitative estimate of drug-likeness (QED) is 0.797. The summed E-state index contributed by atoms with van der Waals surface area (Å²) in [7, 11) is 0. The van der Waals surface area contributed by atoms with Crippen molar-refractivity contribution in [1.82, 2.24) is 9.97 Å². The lowest BCUT2D eigenvalue weighted by molar-refractivity contribution is 0.926. The summed E-state index contributed by atoms with van der Waals surface area (Å²) in [4.78, 5) is 9.18. The van der Waals surface area contributed by atoms with Gasteiger partial charge >= 0.3 is 0 Å². The molecule has 1 aliphatic carbocycles. The zero-order chi connectivity index (χ0) is 10.1. The summed E-state index contributed by atoms with van der Waals surface area (Å²) in [5, 5.41) is 3.29. The Labute approximate surface area is 85.0 Å². The van der Waals surface area contributed by atoms with E-state index < -0.39 is 0 Å². The Kier molecular flexibility index (Phi) is 2.40. The molecule has 1 heterocycles. The predicted molar refractivity (Wildman–Crippen MR) is 57.6 cm³/mol. The third-order valence-corrected chi connectivity index (χ3v) is 2.64. The molecule has 1 N–H and O–H groups in total. The molecule has 0 bridgehead atoms. The van der Waals surface area contributed by atoms with Crippen LogP contribution in [0.2, 0.25) is 0 Å². The summed E-state index contributed by atoms with van der Waals surface area (Å²) in [5.74, 6) is 1.66. The molecule has 1 aromatic rings. The van der Waals surface area contributed by atoms with Gasteiger partial charge in [-0.3, -0.25) is 4.98 Å². The normalized spacial score (nSPS) is 15.6. The van der Waals surface area contributed by atoms with Gasteiger partial charge in [0.1, 0.15) is 5.82 Å². The molecule has 0 aliphatic heterocycles. The molecular formula is C11H17N3. The van der Waals surface area contributed by atoms with Gasteiger partial charge in [-0.1, -0.05) is 0 Å². The average molecular weight is 191 g/mol. The summed E-state index contributed by atoms with van der Waals surface area (Å²) < 4.78 is 0. The van der Waals surface area contributed by atoms with Crippen LogP contribution < -0.4 is 5.32 Å². The van der Waals surface area contributed by atoms with Gasteiger partial charge in [0, 0.05) is 12.5 Å². The molecule has 0 spiro atoms. The summed E-state index contributed by atoms with van der Waals surface area (Å²) in [6, 6.07) is 0. The lowest BCUT2D eigenvalue weighted by atomic mass is 10.2. The maximum atomic E-state index is 4.63. The maximum Gasteiger partial charge on any atom is 0.148 e. The summed E-state index contributed by atoms with van der Waals surface area (Å²) >= 11 is 0. The molecule has 0 amide bonds. The minimum atomic E-state index is 0.663. The standard InChI is InChI=1S/C11H17N3/c1-4-12-11-10(9-5-6-9)13-7(2)8(3)14-11/h9H,4-6H2,1-3H3,(H,12,14). The van der Waals surface area contributed by atoms with Gasteiger partial charge in [0.2, 0.25) is 0 Å². The second kappa shape index (κ2) is 3.56. The topological polar surface area (TPSA) is 37.8 Å². The summed E-state index contributed by atoms with van der Waals surface area (Å²) in [6.45, 7) is 7.05. The Balaban J connectivity index is 2.38. The molecule has 14 heavy (non-hydrogen) atoms. The lowest BCUT2D eigenvalue weighted by Crippen LogP contribution is -2.07.